The summed E-state index contributed by atoms with van der Waals surface area (Å²) in [6, 6.07) is 0. The summed E-state index contributed by atoms with van der Waals surface area (Å²) in [6.07, 6.45) is 4.28. The van der Waals surface area contributed by atoms with E-state index in [0.29, 0.717) is 5.89 Å². The van der Waals surface area contributed by atoms with Gasteiger partial charge in [0, 0.05) is 12.3 Å². The van der Waals surface area contributed by atoms with Gasteiger partial charge >= 0.3 is 0 Å². The average Bonchev–Trinajstić information content (AvgIpc) is 2.77. The number of hydrogen-bond acceptors (Lipinski definition) is 5. The first kappa shape index (κ1) is 11.6. The highest BCUT2D eigenvalue weighted by molar-refractivity contribution is 5.75. The summed E-state index contributed by atoms with van der Waals surface area (Å²) in [4.78, 5) is 14.9. The molecule has 1 aromatic heterocycles. The number of hydrogen-bond donors (Lipinski definition) is 2. The smallest absolute Gasteiger partial charge is 0.244 e. The molecule has 6 nitrogen and oxygen atoms in total. The van der Waals surface area contributed by atoms with Crippen LogP contribution in [-0.4, -0.2) is 21.3 Å². The molecule has 2 N–H and O–H groups in total. The van der Waals surface area contributed by atoms with Gasteiger partial charge in [-0.3, -0.25) is 10.0 Å². The van der Waals surface area contributed by atoms with E-state index in [2.05, 4.69) is 17.1 Å². The molecule has 1 rings (SSSR count). The fourth-order valence-corrected chi connectivity index (χ4v) is 1.39. The summed E-state index contributed by atoms with van der Waals surface area (Å²) in [5.41, 5.74) is 1.61. The van der Waals surface area contributed by atoms with Crippen molar-refractivity contribution < 1.29 is 14.5 Å². The maximum atomic E-state index is 11.0. The predicted octanol–water partition coefficient (Wildman–Crippen LogP) is 1.24. The molecule has 0 aliphatic heterocycles. The molecule has 15 heavy (non-hydrogen) atoms. The molecule has 0 aliphatic rings. The van der Waals surface area contributed by atoms with Crippen molar-refractivity contribution in [2.45, 2.75) is 38.5 Å². The second kappa shape index (κ2) is 6.13. The Balaban J connectivity index is 2.57. The van der Waals surface area contributed by atoms with Crippen molar-refractivity contribution in [2.24, 2.45) is 0 Å². The standard InChI is InChI=1S/C9H15N3O3/c1-2-3-4-7(5-8(13)12-14)9-10-6-11-15-9/h6-7,14H,2-5H2,1H3,(H,12,13)/t7-/m1/s1. The van der Waals surface area contributed by atoms with Gasteiger partial charge in [0.15, 0.2) is 6.33 Å². The van der Waals surface area contributed by atoms with Crippen molar-refractivity contribution in [3.05, 3.63) is 12.2 Å². The Morgan fingerprint density at radius 2 is 2.53 bits per heavy atom. The van der Waals surface area contributed by atoms with Gasteiger partial charge in [-0.1, -0.05) is 24.9 Å². The number of rotatable bonds is 6. The van der Waals surface area contributed by atoms with Crippen molar-refractivity contribution in [1.29, 1.82) is 0 Å². The summed E-state index contributed by atoms with van der Waals surface area (Å²) in [7, 11) is 0. The van der Waals surface area contributed by atoms with Gasteiger partial charge in [0.25, 0.3) is 0 Å². The molecule has 6 heteroatoms. The Hall–Kier alpha value is -1.43. The van der Waals surface area contributed by atoms with E-state index in [1.807, 2.05) is 0 Å². The normalized spacial score (nSPS) is 12.4. The van der Waals surface area contributed by atoms with Crippen LogP contribution in [0.1, 0.15) is 44.4 Å². The van der Waals surface area contributed by atoms with Gasteiger partial charge < -0.3 is 4.52 Å². The van der Waals surface area contributed by atoms with Gasteiger partial charge in [0.1, 0.15) is 0 Å². The van der Waals surface area contributed by atoms with Gasteiger partial charge in [-0.25, -0.2) is 5.48 Å². The second-order valence-corrected chi connectivity index (χ2v) is 3.36. The molecule has 0 saturated heterocycles. The van der Waals surface area contributed by atoms with Gasteiger partial charge in [0.05, 0.1) is 0 Å². The Kier molecular flexibility index (Phi) is 4.76. The van der Waals surface area contributed by atoms with Gasteiger partial charge in [-0.15, -0.1) is 0 Å². The zero-order valence-electron chi connectivity index (χ0n) is 8.64. The molecule has 1 atom stereocenters. The van der Waals surface area contributed by atoms with Crippen molar-refractivity contribution in [3.8, 4) is 0 Å². The summed E-state index contributed by atoms with van der Waals surface area (Å²) in [6.45, 7) is 2.07. The van der Waals surface area contributed by atoms with Crippen LogP contribution in [0.25, 0.3) is 0 Å². The molecule has 1 amide bonds. The number of aromatic nitrogens is 2. The first-order valence-electron chi connectivity index (χ1n) is 4.97. The number of nitrogens with zero attached hydrogens (tertiary/aromatic N) is 2. The molecule has 0 radical (unpaired) electrons. The van der Waals surface area contributed by atoms with E-state index < -0.39 is 5.91 Å². The van der Waals surface area contributed by atoms with E-state index in [9.17, 15) is 4.79 Å². The van der Waals surface area contributed by atoms with Gasteiger partial charge in [0.2, 0.25) is 11.8 Å². The minimum Gasteiger partial charge on any atom is -0.339 e. The molecule has 0 aliphatic carbocycles. The topological polar surface area (TPSA) is 88.2 Å². The number of carbonyl (C=O) groups is 1. The average molecular weight is 213 g/mol. The fourth-order valence-electron chi connectivity index (χ4n) is 1.39. The molecule has 0 fully saturated rings. The van der Waals surface area contributed by atoms with Crippen LogP contribution in [-0.2, 0) is 4.79 Å². The zero-order valence-corrected chi connectivity index (χ0v) is 8.64. The summed E-state index contributed by atoms with van der Waals surface area (Å²) in [5, 5.41) is 11.9. The number of unbranched alkanes of at least 4 members (excludes halogenated alkanes) is 1. The monoisotopic (exact) mass is 213 g/mol. The van der Waals surface area contributed by atoms with Crippen LogP contribution in [0.15, 0.2) is 10.9 Å². The summed E-state index contributed by atoms with van der Waals surface area (Å²) >= 11 is 0. The van der Waals surface area contributed by atoms with Gasteiger partial charge in [-0.05, 0) is 6.42 Å². The van der Waals surface area contributed by atoms with Crippen molar-refractivity contribution in [1.82, 2.24) is 15.6 Å². The largest absolute Gasteiger partial charge is 0.339 e. The van der Waals surface area contributed by atoms with Crippen LogP contribution < -0.4 is 5.48 Å². The first-order valence-corrected chi connectivity index (χ1v) is 4.97. The number of nitrogens with one attached hydrogen (secondary N) is 1. The van der Waals surface area contributed by atoms with E-state index in [4.69, 9.17) is 9.73 Å². The molecule has 0 bridgehead atoms. The molecule has 0 unspecified atom stereocenters. The maximum absolute atomic E-state index is 11.0. The Bertz CT molecular complexity index is 287. The van der Waals surface area contributed by atoms with E-state index in [0.717, 1.165) is 19.3 Å². The lowest BCUT2D eigenvalue weighted by molar-refractivity contribution is -0.129. The molecular formula is C9H15N3O3. The van der Waals surface area contributed by atoms with Crippen molar-refractivity contribution in [3.63, 3.8) is 0 Å². The lowest BCUT2D eigenvalue weighted by Crippen LogP contribution is -2.21. The third-order valence-electron chi connectivity index (χ3n) is 2.19. The number of amides is 1. The van der Waals surface area contributed by atoms with E-state index in [1.54, 1.807) is 5.48 Å². The quantitative estimate of drug-likeness (QED) is 0.548. The lowest BCUT2D eigenvalue weighted by atomic mass is 9.98. The lowest BCUT2D eigenvalue weighted by Gasteiger charge is -2.10. The Labute approximate surface area is 87.6 Å². The first-order chi connectivity index (χ1) is 7.27. The van der Waals surface area contributed by atoms with Crippen LogP contribution in [0.2, 0.25) is 0 Å². The Morgan fingerprint density at radius 3 is 3.07 bits per heavy atom. The highest BCUT2D eigenvalue weighted by Gasteiger charge is 2.19. The highest BCUT2D eigenvalue weighted by atomic mass is 16.5. The molecule has 1 heterocycles. The third kappa shape index (κ3) is 3.67. The fraction of sp³-hybridized carbons (Fsp3) is 0.667. The SMILES string of the molecule is CCCC[C@H](CC(=O)NO)c1ncno1. The molecule has 1 aromatic rings. The minimum atomic E-state index is -0.436. The van der Waals surface area contributed by atoms with Crippen LogP contribution in [0.3, 0.4) is 0 Å². The minimum absolute atomic E-state index is 0.111. The second-order valence-electron chi connectivity index (χ2n) is 3.36. The van der Waals surface area contributed by atoms with Crippen LogP contribution in [0.5, 0.6) is 0 Å². The molecule has 0 spiro atoms. The number of hydroxylamine groups is 1. The molecule has 0 aromatic carbocycles. The predicted molar refractivity (Wildman–Crippen MR) is 51.1 cm³/mol. The maximum Gasteiger partial charge on any atom is 0.244 e. The Morgan fingerprint density at radius 1 is 1.73 bits per heavy atom. The summed E-state index contributed by atoms with van der Waals surface area (Å²) < 4.78 is 4.92. The van der Waals surface area contributed by atoms with E-state index in [1.165, 1.54) is 6.33 Å². The highest BCUT2D eigenvalue weighted by Crippen LogP contribution is 2.23. The molecule has 84 valence electrons. The van der Waals surface area contributed by atoms with Crippen LogP contribution in [0.4, 0.5) is 0 Å². The van der Waals surface area contributed by atoms with Crippen molar-refractivity contribution >= 4 is 5.91 Å². The van der Waals surface area contributed by atoms with E-state index >= 15 is 0 Å². The van der Waals surface area contributed by atoms with Crippen molar-refractivity contribution in [2.75, 3.05) is 0 Å². The zero-order chi connectivity index (χ0) is 11.1. The van der Waals surface area contributed by atoms with Gasteiger partial charge in [-0.2, -0.15) is 4.98 Å². The summed E-state index contributed by atoms with van der Waals surface area (Å²) in [5.74, 6) is -0.0963. The molecular weight excluding hydrogens is 198 g/mol. The molecule has 0 saturated carbocycles. The van der Waals surface area contributed by atoms with E-state index in [-0.39, 0.29) is 12.3 Å². The van der Waals surface area contributed by atoms with Crippen LogP contribution >= 0.6 is 0 Å². The van der Waals surface area contributed by atoms with Crippen LogP contribution in [0, 0.1) is 0 Å². The third-order valence-corrected chi connectivity index (χ3v) is 2.19. The number of carbonyl (C=O) groups excluding carboxylic acids is 1.